The Labute approximate surface area is 152 Å². The lowest BCUT2D eigenvalue weighted by atomic mass is 10.2. The molecule has 0 aromatic heterocycles. The minimum Gasteiger partial charge on any atom is -0.452 e. The van der Waals surface area contributed by atoms with Crippen LogP contribution >= 0.6 is 0 Å². The number of ether oxygens (including phenoxy) is 1. The minimum absolute atomic E-state index is 0.0398. The van der Waals surface area contributed by atoms with Gasteiger partial charge < -0.3 is 10.1 Å². The van der Waals surface area contributed by atoms with E-state index in [0.717, 1.165) is 5.56 Å². The number of sulfonamides is 1. The van der Waals surface area contributed by atoms with Crippen LogP contribution in [0.1, 0.15) is 12.5 Å². The van der Waals surface area contributed by atoms with Gasteiger partial charge in [-0.05, 0) is 38.1 Å². The van der Waals surface area contributed by atoms with Crippen LogP contribution in [-0.4, -0.2) is 32.9 Å². The Kier molecular flexibility index (Phi) is 6.48. The van der Waals surface area contributed by atoms with E-state index < -0.39 is 34.5 Å². The Morgan fingerprint density at radius 1 is 1.04 bits per heavy atom. The Morgan fingerprint density at radius 3 is 2.27 bits per heavy atom. The summed E-state index contributed by atoms with van der Waals surface area (Å²) >= 11 is 0. The van der Waals surface area contributed by atoms with Crippen molar-refractivity contribution in [3.63, 3.8) is 0 Å². The summed E-state index contributed by atoms with van der Waals surface area (Å²) in [5, 5.41) is 2.62. The predicted molar refractivity (Wildman–Crippen MR) is 97.0 cm³/mol. The Balaban J connectivity index is 1.84. The van der Waals surface area contributed by atoms with E-state index in [0.29, 0.717) is 5.69 Å². The van der Waals surface area contributed by atoms with Gasteiger partial charge in [-0.1, -0.05) is 35.9 Å². The van der Waals surface area contributed by atoms with Crippen LogP contribution in [0.2, 0.25) is 0 Å². The average molecular weight is 376 g/mol. The summed E-state index contributed by atoms with van der Waals surface area (Å²) in [4.78, 5) is 23.9. The maximum Gasteiger partial charge on any atom is 0.321 e. The molecule has 1 atom stereocenters. The number of anilines is 1. The van der Waals surface area contributed by atoms with Crippen LogP contribution < -0.4 is 10.0 Å². The van der Waals surface area contributed by atoms with Crippen LogP contribution in [-0.2, 0) is 24.3 Å². The molecule has 7 nitrogen and oxygen atoms in total. The number of benzene rings is 2. The molecular formula is C18H20N2O5S. The number of hydrogen-bond donors (Lipinski definition) is 2. The highest BCUT2D eigenvalue weighted by Gasteiger charge is 2.20. The molecule has 2 rings (SSSR count). The largest absolute Gasteiger partial charge is 0.452 e. The molecule has 2 aromatic rings. The third kappa shape index (κ3) is 5.68. The van der Waals surface area contributed by atoms with Crippen molar-refractivity contribution in [2.75, 3.05) is 11.9 Å². The number of hydrogen-bond acceptors (Lipinski definition) is 5. The van der Waals surface area contributed by atoms with E-state index in [9.17, 15) is 18.0 Å². The highest BCUT2D eigenvalue weighted by Crippen LogP contribution is 2.10. The van der Waals surface area contributed by atoms with Crippen LogP contribution in [0.5, 0.6) is 0 Å². The highest BCUT2D eigenvalue weighted by atomic mass is 32.2. The lowest BCUT2D eigenvalue weighted by Crippen LogP contribution is -2.35. The summed E-state index contributed by atoms with van der Waals surface area (Å²) in [6.45, 7) is 2.76. The van der Waals surface area contributed by atoms with Crippen molar-refractivity contribution in [2.24, 2.45) is 0 Å². The number of aryl methyl sites for hydroxylation is 1. The molecule has 0 aliphatic carbocycles. The van der Waals surface area contributed by atoms with Gasteiger partial charge in [0.1, 0.15) is 6.54 Å². The fourth-order valence-electron chi connectivity index (χ4n) is 2.01. The molecule has 0 radical (unpaired) electrons. The van der Waals surface area contributed by atoms with Gasteiger partial charge in [0.05, 0.1) is 4.90 Å². The molecule has 138 valence electrons. The first-order valence-electron chi connectivity index (χ1n) is 7.89. The van der Waals surface area contributed by atoms with E-state index in [2.05, 4.69) is 10.0 Å². The maximum atomic E-state index is 12.0. The van der Waals surface area contributed by atoms with Crippen molar-refractivity contribution in [2.45, 2.75) is 24.8 Å². The maximum absolute atomic E-state index is 12.0. The molecule has 0 spiro atoms. The van der Waals surface area contributed by atoms with Crippen molar-refractivity contribution in [1.82, 2.24) is 4.72 Å². The SMILES string of the molecule is Cc1ccc(NC(=O)[C@@H](C)OC(=O)CNS(=O)(=O)c2ccccc2)cc1. The smallest absolute Gasteiger partial charge is 0.321 e. The fraction of sp³-hybridized carbons (Fsp3) is 0.222. The Morgan fingerprint density at radius 2 is 1.65 bits per heavy atom. The van der Waals surface area contributed by atoms with Crippen LogP contribution in [0.3, 0.4) is 0 Å². The Hall–Kier alpha value is -2.71. The molecule has 0 unspecified atom stereocenters. The van der Waals surface area contributed by atoms with Crippen LogP contribution in [0.4, 0.5) is 5.69 Å². The standard InChI is InChI=1S/C18H20N2O5S/c1-13-8-10-15(11-9-13)20-18(22)14(2)25-17(21)12-19-26(23,24)16-6-4-3-5-7-16/h3-11,14,19H,12H2,1-2H3,(H,20,22)/t14-/m1/s1. The van der Waals surface area contributed by atoms with E-state index in [1.807, 2.05) is 19.1 Å². The molecule has 2 aromatic carbocycles. The van der Waals surface area contributed by atoms with Crippen molar-refractivity contribution in [3.05, 3.63) is 60.2 Å². The van der Waals surface area contributed by atoms with Gasteiger partial charge in [-0.25, -0.2) is 8.42 Å². The van der Waals surface area contributed by atoms with E-state index in [1.54, 1.807) is 30.3 Å². The van der Waals surface area contributed by atoms with Gasteiger partial charge in [-0.2, -0.15) is 4.72 Å². The lowest BCUT2D eigenvalue weighted by Gasteiger charge is -2.14. The molecule has 1 amide bonds. The van der Waals surface area contributed by atoms with Gasteiger partial charge in [0, 0.05) is 5.69 Å². The number of nitrogens with one attached hydrogen (secondary N) is 2. The van der Waals surface area contributed by atoms with Crippen molar-refractivity contribution < 1.29 is 22.7 Å². The third-order valence-electron chi connectivity index (χ3n) is 3.46. The molecule has 26 heavy (non-hydrogen) atoms. The van der Waals surface area contributed by atoms with Gasteiger partial charge in [-0.3, -0.25) is 9.59 Å². The predicted octanol–water partition coefficient (Wildman–Crippen LogP) is 1.84. The van der Waals surface area contributed by atoms with Crippen molar-refractivity contribution in [3.8, 4) is 0 Å². The fourth-order valence-corrected chi connectivity index (χ4v) is 3.00. The van der Waals surface area contributed by atoms with Crippen molar-refractivity contribution >= 4 is 27.6 Å². The highest BCUT2D eigenvalue weighted by molar-refractivity contribution is 7.89. The van der Waals surface area contributed by atoms with E-state index in [4.69, 9.17) is 4.74 Å². The molecule has 0 fully saturated rings. The quantitative estimate of drug-likeness (QED) is 0.718. The molecule has 0 aliphatic heterocycles. The number of carbonyl (C=O) groups is 2. The van der Waals surface area contributed by atoms with Crippen LogP contribution in [0, 0.1) is 6.92 Å². The van der Waals surface area contributed by atoms with Gasteiger partial charge in [0.25, 0.3) is 5.91 Å². The summed E-state index contributed by atoms with van der Waals surface area (Å²) in [5.41, 5.74) is 1.63. The zero-order valence-corrected chi connectivity index (χ0v) is 15.2. The first kappa shape index (κ1) is 19.6. The number of rotatable bonds is 7. The van der Waals surface area contributed by atoms with E-state index >= 15 is 0 Å². The average Bonchev–Trinajstić information content (AvgIpc) is 2.62. The number of amides is 1. The molecule has 0 bridgehead atoms. The summed E-state index contributed by atoms with van der Waals surface area (Å²) in [6, 6.07) is 14.8. The topological polar surface area (TPSA) is 102 Å². The summed E-state index contributed by atoms with van der Waals surface area (Å²) in [5.74, 6) is -1.36. The second-order valence-electron chi connectivity index (χ2n) is 5.62. The molecule has 2 N–H and O–H groups in total. The van der Waals surface area contributed by atoms with Gasteiger partial charge in [-0.15, -0.1) is 0 Å². The van der Waals surface area contributed by atoms with E-state index in [1.165, 1.54) is 19.1 Å². The lowest BCUT2D eigenvalue weighted by molar-refractivity contribution is -0.151. The molecule has 0 aliphatic rings. The molecule has 0 heterocycles. The van der Waals surface area contributed by atoms with Gasteiger partial charge >= 0.3 is 5.97 Å². The number of carbonyl (C=O) groups excluding carboxylic acids is 2. The van der Waals surface area contributed by atoms with Gasteiger partial charge in [0.2, 0.25) is 10.0 Å². The van der Waals surface area contributed by atoms with Crippen LogP contribution in [0.25, 0.3) is 0 Å². The monoisotopic (exact) mass is 376 g/mol. The first-order valence-corrected chi connectivity index (χ1v) is 9.38. The molecule has 0 saturated heterocycles. The zero-order chi connectivity index (χ0) is 19.2. The first-order chi connectivity index (χ1) is 12.3. The summed E-state index contributed by atoms with van der Waals surface area (Å²) in [6.07, 6.45) is -1.06. The summed E-state index contributed by atoms with van der Waals surface area (Å²) in [7, 11) is -3.82. The number of esters is 1. The second-order valence-corrected chi connectivity index (χ2v) is 7.39. The molecular weight excluding hydrogens is 356 g/mol. The molecule has 0 saturated carbocycles. The summed E-state index contributed by atoms with van der Waals surface area (Å²) < 4.78 is 31.2. The normalized spacial score (nSPS) is 12.2. The minimum atomic E-state index is -3.82. The zero-order valence-electron chi connectivity index (χ0n) is 14.4. The van der Waals surface area contributed by atoms with Crippen LogP contribution in [0.15, 0.2) is 59.5 Å². The third-order valence-corrected chi connectivity index (χ3v) is 4.87. The Bertz CT molecular complexity index is 864. The van der Waals surface area contributed by atoms with Crippen molar-refractivity contribution in [1.29, 1.82) is 0 Å². The second kappa shape index (κ2) is 8.59. The van der Waals surface area contributed by atoms with Gasteiger partial charge in [0.15, 0.2) is 6.10 Å². The van der Waals surface area contributed by atoms with E-state index in [-0.39, 0.29) is 4.90 Å². The molecule has 8 heteroatoms.